The third-order valence-electron chi connectivity index (χ3n) is 2.86. The maximum atomic E-state index is 13.2. The highest BCUT2D eigenvalue weighted by molar-refractivity contribution is 7.91. The molecular weight excluding hydrogens is 257 g/mol. The minimum atomic E-state index is -3.52. The third kappa shape index (κ3) is 3.68. The standard InChI is InChI=1S/C12H18FNO3S/c1-12(2,17-3)6-7-18(15,16)9-4-5-11(14)10(13)8-9/h4-5,8H,6-7,14H2,1-3H3. The van der Waals surface area contributed by atoms with Crippen molar-refractivity contribution in [3.8, 4) is 0 Å². The minimum Gasteiger partial charge on any atom is -0.396 e. The van der Waals surface area contributed by atoms with Crippen molar-refractivity contribution in [3.05, 3.63) is 24.0 Å². The minimum absolute atomic E-state index is 0.0545. The Labute approximate surface area is 107 Å². The molecule has 0 atom stereocenters. The Morgan fingerprint density at radius 3 is 2.50 bits per heavy atom. The molecule has 6 heteroatoms. The number of rotatable bonds is 5. The van der Waals surface area contributed by atoms with E-state index >= 15 is 0 Å². The predicted octanol–water partition coefficient (Wildman–Crippen LogP) is 2.00. The average Bonchev–Trinajstić information content (AvgIpc) is 2.30. The number of halogens is 1. The number of hydrogen-bond donors (Lipinski definition) is 1. The molecule has 2 N–H and O–H groups in total. The summed E-state index contributed by atoms with van der Waals surface area (Å²) in [6.07, 6.45) is 0.331. The number of hydrogen-bond acceptors (Lipinski definition) is 4. The van der Waals surface area contributed by atoms with Gasteiger partial charge < -0.3 is 10.5 Å². The molecule has 102 valence electrons. The largest absolute Gasteiger partial charge is 0.396 e. The maximum absolute atomic E-state index is 13.2. The van der Waals surface area contributed by atoms with Crippen molar-refractivity contribution in [2.75, 3.05) is 18.6 Å². The molecule has 0 aliphatic heterocycles. The van der Waals surface area contributed by atoms with Crippen molar-refractivity contribution in [3.63, 3.8) is 0 Å². The molecule has 1 aromatic carbocycles. The lowest BCUT2D eigenvalue weighted by Gasteiger charge is -2.22. The molecule has 0 spiro atoms. The molecule has 0 aliphatic rings. The number of nitrogen functional groups attached to an aromatic ring is 1. The quantitative estimate of drug-likeness (QED) is 0.834. The first-order valence-electron chi connectivity index (χ1n) is 5.51. The normalized spacial score (nSPS) is 12.7. The fraction of sp³-hybridized carbons (Fsp3) is 0.500. The van der Waals surface area contributed by atoms with Crippen LogP contribution in [0, 0.1) is 5.82 Å². The van der Waals surface area contributed by atoms with Gasteiger partial charge in [0, 0.05) is 7.11 Å². The molecule has 1 rings (SSSR count). The van der Waals surface area contributed by atoms with Crippen LogP contribution in [-0.4, -0.2) is 26.9 Å². The SMILES string of the molecule is COC(C)(C)CCS(=O)(=O)c1ccc(N)c(F)c1. The van der Waals surface area contributed by atoms with Crippen molar-refractivity contribution in [1.82, 2.24) is 0 Å². The van der Waals surface area contributed by atoms with E-state index in [-0.39, 0.29) is 16.3 Å². The molecule has 0 amide bonds. The van der Waals surface area contributed by atoms with E-state index in [0.717, 1.165) is 6.07 Å². The Morgan fingerprint density at radius 2 is 2.00 bits per heavy atom. The van der Waals surface area contributed by atoms with Crippen LogP contribution in [0.3, 0.4) is 0 Å². The van der Waals surface area contributed by atoms with E-state index < -0.39 is 21.3 Å². The smallest absolute Gasteiger partial charge is 0.178 e. The van der Waals surface area contributed by atoms with Crippen molar-refractivity contribution >= 4 is 15.5 Å². The molecule has 0 heterocycles. The summed E-state index contributed by atoms with van der Waals surface area (Å²) < 4.78 is 42.4. The Balaban J connectivity index is 2.90. The molecule has 0 radical (unpaired) electrons. The Kier molecular flexibility index (Phi) is 4.34. The summed E-state index contributed by atoms with van der Waals surface area (Å²) >= 11 is 0. The first-order valence-corrected chi connectivity index (χ1v) is 7.16. The summed E-state index contributed by atoms with van der Waals surface area (Å²) in [5.74, 6) is -0.820. The van der Waals surface area contributed by atoms with Gasteiger partial charge in [0.1, 0.15) is 5.82 Å². The van der Waals surface area contributed by atoms with Crippen LogP contribution in [0.5, 0.6) is 0 Å². The van der Waals surface area contributed by atoms with Crippen molar-refractivity contribution in [2.45, 2.75) is 30.8 Å². The van der Waals surface area contributed by atoms with Crippen LogP contribution >= 0.6 is 0 Å². The van der Waals surface area contributed by atoms with Crippen LogP contribution in [0.1, 0.15) is 20.3 Å². The lowest BCUT2D eigenvalue weighted by atomic mass is 10.1. The van der Waals surface area contributed by atoms with Gasteiger partial charge in [0.05, 0.1) is 21.9 Å². The second kappa shape index (κ2) is 5.24. The van der Waals surface area contributed by atoms with Gasteiger partial charge in [0.25, 0.3) is 0 Å². The van der Waals surface area contributed by atoms with Gasteiger partial charge in [-0.05, 0) is 38.5 Å². The summed E-state index contributed by atoms with van der Waals surface area (Å²) in [6, 6.07) is 3.52. The molecule has 0 saturated carbocycles. The molecule has 0 saturated heterocycles. The highest BCUT2D eigenvalue weighted by Crippen LogP contribution is 2.21. The van der Waals surface area contributed by atoms with Gasteiger partial charge in [0.2, 0.25) is 0 Å². The fourth-order valence-corrected chi connectivity index (χ4v) is 2.86. The zero-order chi connectivity index (χ0) is 14.0. The van der Waals surface area contributed by atoms with E-state index in [0.29, 0.717) is 6.42 Å². The zero-order valence-electron chi connectivity index (χ0n) is 10.7. The van der Waals surface area contributed by atoms with Gasteiger partial charge in [-0.3, -0.25) is 0 Å². The first kappa shape index (κ1) is 14.9. The highest BCUT2D eigenvalue weighted by Gasteiger charge is 2.23. The third-order valence-corrected chi connectivity index (χ3v) is 4.57. The van der Waals surface area contributed by atoms with E-state index in [1.807, 2.05) is 0 Å². The Hall–Kier alpha value is -1.14. The van der Waals surface area contributed by atoms with E-state index in [1.165, 1.54) is 19.2 Å². The summed E-state index contributed by atoms with van der Waals surface area (Å²) in [5, 5.41) is 0. The lowest BCUT2D eigenvalue weighted by Crippen LogP contribution is -2.26. The second-order valence-corrected chi connectivity index (χ2v) is 6.83. The van der Waals surface area contributed by atoms with Crippen LogP contribution in [-0.2, 0) is 14.6 Å². The molecule has 0 aliphatic carbocycles. The topological polar surface area (TPSA) is 69.4 Å². The lowest BCUT2D eigenvalue weighted by molar-refractivity contribution is 0.0203. The van der Waals surface area contributed by atoms with Gasteiger partial charge in [-0.15, -0.1) is 0 Å². The van der Waals surface area contributed by atoms with Crippen LogP contribution in [0.2, 0.25) is 0 Å². The molecule has 0 unspecified atom stereocenters. The summed E-state index contributed by atoms with van der Waals surface area (Å²) in [7, 11) is -2.00. The van der Waals surface area contributed by atoms with Gasteiger partial charge >= 0.3 is 0 Å². The van der Waals surface area contributed by atoms with Gasteiger partial charge in [0.15, 0.2) is 9.84 Å². The zero-order valence-corrected chi connectivity index (χ0v) is 11.6. The van der Waals surface area contributed by atoms with Crippen molar-refractivity contribution in [1.29, 1.82) is 0 Å². The number of sulfone groups is 1. The Bertz CT molecular complexity index is 526. The van der Waals surface area contributed by atoms with Crippen LogP contribution in [0.15, 0.2) is 23.1 Å². The monoisotopic (exact) mass is 275 g/mol. The van der Waals surface area contributed by atoms with Crippen molar-refractivity contribution in [2.24, 2.45) is 0 Å². The number of ether oxygens (including phenoxy) is 1. The van der Waals surface area contributed by atoms with E-state index in [4.69, 9.17) is 10.5 Å². The molecule has 18 heavy (non-hydrogen) atoms. The van der Waals surface area contributed by atoms with E-state index in [1.54, 1.807) is 13.8 Å². The fourth-order valence-electron chi connectivity index (χ4n) is 1.30. The van der Waals surface area contributed by atoms with Crippen LogP contribution in [0.4, 0.5) is 10.1 Å². The van der Waals surface area contributed by atoms with Gasteiger partial charge in [-0.1, -0.05) is 0 Å². The Morgan fingerprint density at radius 1 is 1.39 bits per heavy atom. The number of benzene rings is 1. The number of nitrogens with two attached hydrogens (primary N) is 1. The predicted molar refractivity (Wildman–Crippen MR) is 68.6 cm³/mol. The van der Waals surface area contributed by atoms with Gasteiger partial charge in [-0.2, -0.15) is 0 Å². The van der Waals surface area contributed by atoms with E-state index in [9.17, 15) is 12.8 Å². The van der Waals surface area contributed by atoms with Crippen LogP contribution in [0.25, 0.3) is 0 Å². The molecule has 0 aromatic heterocycles. The molecule has 0 bridgehead atoms. The maximum Gasteiger partial charge on any atom is 0.178 e. The molecule has 4 nitrogen and oxygen atoms in total. The van der Waals surface area contributed by atoms with E-state index in [2.05, 4.69) is 0 Å². The van der Waals surface area contributed by atoms with Crippen LogP contribution < -0.4 is 5.73 Å². The summed E-state index contributed by atoms with van der Waals surface area (Å²) in [6.45, 7) is 3.60. The molecular formula is C12H18FNO3S. The van der Waals surface area contributed by atoms with Gasteiger partial charge in [-0.25, -0.2) is 12.8 Å². The average molecular weight is 275 g/mol. The number of methoxy groups -OCH3 is 1. The number of anilines is 1. The van der Waals surface area contributed by atoms with Crippen molar-refractivity contribution < 1.29 is 17.5 Å². The highest BCUT2D eigenvalue weighted by atomic mass is 32.2. The summed E-state index contributed by atoms with van der Waals surface area (Å²) in [4.78, 5) is -0.0545. The first-order chi connectivity index (χ1) is 8.18. The summed E-state index contributed by atoms with van der Waals surface area (Å²) in [5.41, 5.74) is 4.71. The molecule has 1 aromatic rings. The molecule has 0 fully saturated rings. The second-order valence-electron chi connectivity index (χ2n) is 4.72.